The zero-order valence-corrected chi connectivity index (χ0v) is 17.3. The normalized spacial score (nSPS) is 16.6. The number of para-hydroxylation sites is 1. The number of aromatic amines is 1. The molecule has 0 radical (unpaired) electrons. The molecule has 1 aliphatic heterocycles. The van der Waals surface area contributed by atoms with Crippen molar-refractivity contribution in [2.45, 2.75) is 19.0 Å². The second-order valence-electron chi connectivity index (χ2n) is 7.36. The molecule has 0 bridgehead atoms. The predicted octanol–water partition coefficient (Wildman–Crippen LogP) is 3.78. The summed E-state index contributed by atoms with van der Waals surface area (Å²) in [5.74, 6) is -1.39. The van der Waals surface area contributed by atoms with E-state index in [1.54, 1.807) is 17.0 Å². The van der Waals surface area contributed by atoms with Crippen LogP contribution >= 0.6 is 11.3 Å². The van der Waals surface area contributed by atoms with Crippen LogP contribution in [0.4, 0.5) is 0 Å². The molecule has 5 rings (SSSR count). The van der Waals surface area contributed by atoms with Gasteiger partial charge in [0.2, 0.25) is 12.1 Å². The van der Waals surface area contributed by atoms with Gasteiger partial charge in [0, 0.05) is 23.2 Å². The first kappa shape index (κ1) is 19.3. The number of carbonyl (C=O) groups excluding carboxylic acids is 2. The minimum Gasteiger partial charge on any atom is -0.503 e. The number of aromatic nitrogens is 2. The number of thiophene rings is 1. The number of aliphatic hydroxyl groups is 1. The Balaban J connectivity index is 1.47. The van der Waals surface area contributed by atoms with Gasteiger partial charge in [-0.2, -0.15) is 0 Å². The molecular formula is C23H20N3O4S+. The molecule has 2 N–H and O–H groups in total. The standard InChI is InChI=1S/C23H19N3O4S/c27-21(17-13-15-5-1-2-6-16(15)30-17)19-20(18-7-3-12-31-18)26(23(29)22(19)28)10-4-9-25-11-8-24-14-25/h1-3,5-8,11-14,20H,4,9-10H2,(H,27,28)/p+1. The Bertz CT molecular complexity index is 1240. The number of amides is 1. The molecule has 1 atom stereocenters. The molecule has 0 fully saturated rings. The summed E-state index contributed by atoms with van der Waals surface area (Å²) in [4.78, 5) is 31.7. The van der Waals surface area contributed by atoms with Gasteiger partial charge in [-0.3, -0.25) is 14.6 Å². The molecule has 4 heterocycles. The second-order valence-corrected chi connectivity index (χ2v) is 8.34. The van der Waals surface area contributed by atoms with Crippen LogP contribution in [0.3, 0.4) is 0 Å². The molecule has 7 nitrogen and oxygen atoms in total. The van der Waals surface area contributed by atoms with E-state index in [2.05, 4.69) is 4.98 Å². The lowest BCUT2D eigenvalue weighted by Crippen LogP contribution is -2.36. The third-order valence-electron chi connectivity index (χ3n) is 5.43. The number of rotatable bonds is 7. The fourth-order valence-electron chi connectivity index (χ4n) is 3.97. The van der Waals surface area contributed by atoms with Crippen molar-refractivity contribution in [2.24, 2.45) is 0 Å². The predicted molar refractivity (Wildman–Crippen MR) is 115 cm³/mol. The van der Waals surface area contributed by atoms with Gasteiger partial charge in [0.25, 0.3) is 5.91 Å². The number of aliphatic hydroxyl groups excluding tert-OH is 1. The number of benzene rings is 1. The van der Waals surface area contributed by atoms with Crippen LogP contribution in [0.1, 0.15) is 27.9 Å². The Labute approximate surface area is 181 Å². The minimum atomic E-state index is -0.635. The van der Waals surface area contributed by atoms with Gasteiger partial charge in [-0.25, -0.2) is 4.57 Å². The summed E-state index contributed by atoms with van der Waals surface area (Å²) in [6.07, 6.45) is 6.26. The van der Waals surface area contributed by atoms with E-state index in [0.29, 0.717) is 25.1 Å². The van der Waals surface area contributed by atoms with Crippen molar-refractivity contribution in [1.82, 2.24) is 9.88 Å². The van der Waals surface area contributed by atoms with Crippen molar-refractivity contribution in [2.75, 3.05) is 6.54 Å². The topological polar surface area (TPSA) is 90.4 Å². The van der Waals surface area contributed by atoms with E-state index >= 15 is 0 Å². The molecule has 156 valence electrons. The van der Waals surface area contributed by atoms with E-state index < -0.39 is 23.5 Å². The molecular weight excluding hydrogens is 414 g/mol. The van der Waals surface area contributed by atoms with Crippen LogP contribution in [0, 0.1) is 0 Å². The first-order valence-corrected chi connectivity index (χ1v) is 10.8. The van der Waals surface area contributed by atoms with Crippen LogP contribution in [0.15, 0.2) is 82.3 Å². The number of H-pyrrole nitrogens is 1. The summed E-state index contributed by atoms with van der Waals surface area (Å²) in [7, 11) is 0. The van der Waals surface area contributed by atoms with Crippen molar-refractivity contribution in [3.05, 3.63) is 88.5 Å². The van der Waals surface area contributed by atoms with Gasteiger partial charge < -0.3 is 14.4 Å². The monoisotopic (exact) mass is 434 g/mol. The second kappa shape index (κ2) is 7.88. The van der Waals surface area contributed by atoms with Crippen molar-refractivity contribution in [1.29, 1.82) is 0 Å². The number of hydrogen-bond donors (Lipinski definition) is 2. The SMILES string of the molecule is O=C(C1=C(O)C(=O)N(CCC[n+]2cc[nH]c2)C1c1cccs1)c1cc2ccccc2o1. The zero-order valence-electron chi connectivity index (χ0n) is 16.5. The van der Waals surface area contributed by atoms with Crippen molar-refractivity contribution in [3.8, 4) is 0 Å². The molecule has 0 saturated heterocycles. The number of Topliss-reactive ketones (excluding diaryl/α,β-unsaturated/α-hetero) is 1. The highest BCUT2D eigenvalue weighted by Crippen LogP contribution is 2.41. The quantitative estimate of drug-likeness (QED) is 0.342. The van der Waals surface area contributed by atoms with Crippen molar-refractivity contribution in [3.63, 3.8) is 0 Å². The zero-order chi connectivity index (χ0) is 21.4. The molecule has 4 aromatic rings. The maximum Gasteiger partial charge on any atom is 0.290 e. The largest absolute Gasteiger partial charge is 0.503 e. The van der Waals surface area contributed by atoms with Gasteiger partial charge in [0.05, 0.1) is 18.2 Å². The number of fused-ring (bicyclic) bond motifs is 1. The lowest BCUT2D eigenvalue weighted by Gasteiger charge is -2.25. The molecule has 0 saturated carbocycles. The minimum absolute atomic E-state index is 0.0702. The number of nitrogens with one attached hydrogen (secondary N) is 1. The molecule has 1 amide bonds. The van der Waals surface area contributed by atoms with Gasteiger partial charge in [0.15, 0.2) is 11.5 Å². The fraction of sp³-hybridized carbons (Fsp3) is 0.174. The summed E-state index contributed by atoms with van der Waals surface area (Å²) in [6.45, 7) is 1.11. The molecule has 3 aromatic heterocycles. The molecule has 0 aliphatic carbocycles. The number of hydrogen-bond acceptors (Lipinski definition) is 5. The van der Waals surface area contributed by atoms with Gasteiger partial charge in [-0.15, -0.1) is 11.3 Å². The van der Waals surface area contributed by atoms with Crippen LogP contribution in [-0.2, 0) is 11.3 Å². The highest BCUT2D eigenvalue weighted by atomic mass is 32.1. The molecule has 8 heteroatoms. The van der Waals surface area contributed by atoms with Crippen molar-refractivity contribution < 1.29 is 23.7 Å². The number of furan rings is 1. The average Bonchev–Trinajstić information content (AvgIpc) is 3.57. The summed E-state index contributed by atoms with van der Waals surface area (Å²) in [5.41, 5.74) is 0.657. The van der Waals surface area contributed by atoms with Crippen LogP contribution < -0.4 is 4.57 Å². The summed E-state index contributed by atoms with van der Waals surface area (Å²) in [5, 5.41) is 13.4. The Hall–Kier alpha value is -3.65. The summed E-state index contributed by atoms with van der Waals surface area (Å²) in [6, 6.07) is 12.1. The lowest BCUT2D eigenvalue weighted by molar-refractivity contribution is -0.695. The number of aryl methyl sites for hydroxylation is 1. The van der Waals surface area contributed by atoms with Gasteiger partial charge in [-0.05, 0) is 23.6 Å². The molecule has 1 aliphatic rings. The first-order valence-electron chi connectivity index (χ1n) is 9.96. The van der Waals surface area contributed by atoms with Gasteiger partial charge in [-0.1, -0.05) is 24.3 Å². The highest BCUT2D eigenvalue weighted by molar-refractivity contribution is 7.10. The Kier molecular flexibility index (Phi) is 4.91. The molecule has 0 spiro atoms. The summed E-state index contributed by atoms with van der Waals surface area (Å²) < 4.78 is 7.71. The first-order chi connectivity index (χ1) is 15.1. The molecule has 1 aromatic carbocycles. The third-order valence-corrected chi connectivity index (χ3v) is 6.35. The fourth-order valence-corrected chi connectivity index (χ4v) is 4.81. The van der Waals surface area contributed by atoms with Gasteiger partial charge >= 0.3 is 0 Å². The maximum atomic E-state index is 13.4. The number of ketones is 1. The van der Waals surface area contributed by atoms with E-state index in [4.69, 9.17) is 4.42 Å². The van der Waals surface area contributed by atoms with E-state index in [9.17, 15) is 14.7 Å². The highest BCUT2D eigenvalue weighted by Gasteiger charge is 2.44. The summed E-state index contributed by atoms with van der Waals surface area (Å²) >= 11 is 1.45. The molecule has 31 heavy (non-hydrogen) atoms. The van der Waals surface area contributed by atoms with E-state index in [-0.39, 0.29) is 11.3 Å². The lowest BCUT2D eigenvalue weighted by atomic mass is 10.00. The average molecular weight is 434 g/mol. The smallest absolute Gasteiger partial charge is 0.290 e. The van der Waals surface area contributed by atoms with Crippen LogP contribution in [0.25, 0.3) is 11.0 Å². The number of nitrogens with zero attached hydrogens (tertiary/aromatic N) is 2. The maximum absolute atomic E-state index is 13.4. The van der Waals surface area contributed by atoms with E-state index in [1.807, 2.05) is 59.0 Å². The third kappa shape index (κ3) is 3.44. The number of carbonyl (C=O) groups is 2. The van der Waals surface area contributed by atoms with E-state index in [1.165, 1.54) is 11.3 Å². The Morgan fingerprint density at radius 2 is 2.13 bits per heavy atom. The number of imidazole rings is 1. The van der Waals surface area contributed by atoms with Crippen LogP contribution in [0.2, 0.25) is 0 Å². The van der Waals surface area contributed by atoms with E-state index in [0.717, 1.165) is 10.3 Å². The van der Waals surface area contributed by atoms with Crippen molar-refractivity contribution >= 4 is 34.0 Å². The molecule has 1 unspecified atom stereocenters. The van der Waals surface area contributed by atoms with Crippen LogP contribution in [-0.4, -0.2) is 33.2 Å². The van der Waals surface area contributed by atoms with Gasteiger partial charge in [0.1, 0.15) is 18.0 Å². The Morgan fingerprint density at radius 1 is 1.26 bits per heavy atom. The van der Waals surface area contributed by atoms with Crippen LogP contribution in [0.5, 0.6) is 0 Å². The Morgan fingerprint density at radius 3 is 2.87 bits per heavy atom.